The molecule has 0 saturated carbocycles. The predicted octanol–water partition coefficient (Wildman–Crippen LogP) is 3.92. The summed E-state index contributed by atoms with van der Waals surface area (Å²) in [5, 5.41) is 0. The fraction of sp³-hybridized carbons (Fsp3) is 0.353. The number of hydrogen-bond acceptors (Lipinski definition) is 0. The van der Waals surface area contributed by atoms with Gasteiger partial charge in [0.1, 0.15) is 12.9 Å². The minimum atomic E-state index is -0.193. The largest absolute Gasteiger partial charge is 0.212 e. The van der Waals surface area contributed by atoms with E-state index in [2.05, 4.69) is 32.9 Å². The van der Waals surface area contributed by atoms with Gasteiger partial charge in [-0.05, 0) is 35.6 Å². The first kappa shape index (κ1) is 13.7. The third kappa shape index (κ3) is 2.83. The lowest BCUT2D eigenvalue weighted by atomic mass is 9.86. The number of nitrogens with zero attached hydrogens (tertiary/aromatic N) is 1. The summed E-state index contributed by atoms with van der Waals surface area (Å²) in [5.41, 5.74) is 4.43. The molecule has 1 aromatic carbocycles. The van der Waals surface area contributed by atoms with Crippen molar-refractivity contribution in [3.8, 4) is 11.3 Å². The van der Waals surface area contributed by atoms with Crippen LogP contribution >= 0.6 is 0 Å². The van der Waals surface area contributed by atoms with Crippen molar-refractivity contribution in [3.05, 3.63) is 53.5 Å². The Balaban J connectivity index is 2.64. The number of hydrogen-bond donors (Lipinski definition) is 0. The lowest BCUT2D eigenvalue weighted by molar-refractivity contribution is -0.660. The Morgan fingerprint density at radius 2 is 1.74 bits per heavy atom. The van der Waals surface area contributed by atoms with Crippen LogP contribution in [0.4, 0.5) is 4.39 Å². The van der Waals surface area contributed by atoms with E-state index in [-0.39, 0.29) is 11.2 Å². The van der Waals surface area contributed by atoms with Crippen LogP contribution in [0.5, 0.6) is 0 Å². The Morgan fingerprint density at radius 1 is 1.05 bits per heavy atom. The predicted molar refractivity (Wildman–Crippen MR) is 76.4 cm³/mol. The van der Waals surface area contributed by atoms with Crippen LogP contribution in [0.1, 0.15) is 31.9 Å². The van der Waals surface area contributed by atoms with Gasteiger partial charge in [-0.3, -0.25) is 0 Å². The van der Waals surface area contributed by atoms with Crippen LogP contribution in [-0.4, -0.2) is 0 Å². The first-order valence-electron chi connectivity index (χ1n) is 6.56. The van der Waals surface area contributed by atoms with Gasteiger partial charge >= 0.3 is 0 Å². The fourth-order valence-corrected chi connectivity index (χ4v) is 2.17. The van der Waals surface area contributed by atoms with Crippen LogP contribution in [0, 0.1) is 12.7 Å². The maximum atomic E-state index is 13.5. The van der Waals surface area contributed by atoms with Crippen molar-refractivity contribution in [1.29, 1.82) is 0 Å². The van der Waals surface area contributed by atoms with Gasteiger partial charge in [-0.25, -0.2) is 8.96 Å². The summed E-state index contributed by atoms with van der Waals surface area (Å²) in [6, 6.07) is 9.22. The van der Waals surface area contributed by atoms with E-state index < -0.39 is 0 Å². The van der Waals surface area contributed by atoms with Crippen molar-refractivity contribution in [2.45, 2.75) is 33.1 Å². The highest BCUT2D eigenvalue weighted by Gasteiger charge is 2.20. The van der Waals surface area contributed by atoms with E-state index in [0.717, 1.165) is 16.8 Å². The van der Waals surface area contributed by atoms with Gasteiger partial charge in [-0.1, -0.05) is 26.8 Å². The van der Waals surface area contributed by atoms with E-state index in [4.69, 9.17) is 0 Å². The molecule has 0 aliphatic rings. The third-order valence-electron chi connectivity index (χ3n) is 3.49. The highest BCUT2D eigenvalue weighted by molar-refractivity contribution is 5.61. The number of benzene rings is 1. The Kier molecular flexibility index (Phi) is 3.44. The van der Waals surface area contributed by atoms with Gasteiger partial charge in [-0.2, -0.15) is 0 Å². The SMILES string of the molecule is Cc1ccc(F)cc1-c1cc(C(C)(C)C)cc[n+]1C. The average molecular weight is 258 g/mol. The van der Waals surface area contributed by atoms with Gasteiger partial charge < -0.3 is 0 Å². The number of pyridine rings is 1. The van der Waals surface area contributed by atoms with Crippen LogP contribution in [0.3, 0.4) is 0 Å². The molecular weight excluding hydrogens is 237 g/mol. The monoisotopic (exact) mass is 258 g/mol. The molecule has 2 rings (SSSR count). The summed E-state index contributed by atoms with van der Waals surface area (Å²) in [7, 11) is 1.99. The van der Waals surface area contributed by atoms with Crippen LogP contribution < -0.4 is 4.57 Å². The van der Waals surface area contributed by atoms with Crippen LogP contribution in [-0.2, 0) is 12.5 Å². The highest BCUT2D eigenvalue weighted by Crippen LogP contribution is 2.27. The van der Waals surface area contributed by atoms with Gasteiger partial charge in [-0.15, -0.1) is 0 Å². The molecule has 0 aliphatic carbocycles. The van der Waals surface area contributed by atoms with Crippen LogP contribution in [0.25, 0.3) is 11.3 Å². The smallest absolute Gasteiger partial charge is 0.207 e. The molecule has 2 heteroatoms. The van der Waals surface area contributed by atoms with E-state index in [0.29, 0.717) is 0 Å². The molecule has 0 unspecified atom stereocenters. The summed E-state index contributed by atoms with van der Waals surface area (Å²) < 4.78 is 15.5. The van der Waals surface area contributed by atoms with Gasteiger partial charge in [0.2, 0.25) is 5.69 Å². The Labute approximate surface area is 114 Å². The zero-order valence-corrected chi connectivity index (χ0v) is 12.3. The minimum absolute atomic E-state index is 0.0875. The number of rotatable bonds is 1. The molecule has 0 N–H and O–H groups in total. The van der Waals surface area contributed by atoms with Crippen LogP contribution in [0.2, 0.25) is 0 Å². The average Bonchev–Trinajstić information content (AvgIpc) is 2.32. The molecule has 0 fully saturated rings. The van der Waals surface area contributed by atoms with E-state index in [1.54, 1.807) is 6.07 Å². The Bertz CT molecular complexity index is 609. The fourth-order valence-electron chi connectivity index (χ4n) is 2.17. The molecule has 0 spiro atoms. The maximum absolute atomic E-state index is 13.5. The quantitative estimate of drug-likeness (QED) is 0.682. The van der Waals surface area contributed by atoms with Crippen molar-refractivity contribution in [3.63, 3.8) is 0 Å². The van der Waals surface area contributed by atoms with Gasteiger partial charge in [0.05, 0.1) is 5.56 Å². The molecule has 0 amide bonds. The van der Waals surface area contributed by atoms with Crippen molar-refractivity contribution in [2.75, 3.05) is 0 Å². The van der Waals surface area contributed by atoms with E-state index >= 15 is 0 Å². The molecule has 0 saturated heterocycles. The van der Waals surface area contributed by atoms with Gasteiger partial charge in [0, 0.05) is 12.1 Å². The highest BCUT2D eigenvalue weighted by atomic mass is 19.1. The zero-order valence-electron chi connectivity index (χ0n) is 12.3. The first-order valence-corrected chi connectivity index (χ1v) is 6.56. The topological polar surface area (TPSA) is 3.88 Å². The first-order chi connectivity index (χ1) is 8.79. The number of aromatic nitrogens is 1. The molecule has 0 bridgehead atoms. The van der Waals surface area contributed by atoms with E-state index in [1.165, 1.54) is 11.6 Å². The standard InChI is InChI=1S/C17H21FN/c1-12-6-7-14(18)11-15(12)16-10-13(17(2,3)4)8-9-19(16)5/h6-11H,1-5H3/q+1. The number of halogens is 1. The second-order valence-corrected chi connectivity index (χ2v) is 6.12. The minimum Gasteiger partial charge on any atom is -0.207 e. The lowest BCUT2D eigenvalue weighted by Crippen LogP contribution is -2.31. The molecule has 0 aliphatic heterocycles. The van der Waals surface area contributed by atoms with Gasteiger partial charge in [0.25, 0.3) is 0 Å². The summed E-state index contributed by atoms with van der Waals surface area (Å²) in [5.74, 6) is -0.193. The zero-order chi connectivity index (χ0) is 14.2. The molecular formula is C17H21FN+. The summed E-state index contributed by atoms with van der Waals surface area (Å²) in [6.45, 7) is 8.57. The molecule has 0 radical (unpaired) electrons. The molecule has 1 heterocycles. The Morgan fingerprint density at radius 3 is 2.37 bits per heavy atom. The van der Waals surface area contributed by atoms with Crippen LogP contribution in [0.15, 0.2) is 36.5 Å². The van der Waals surface area contributed by atoms with Crippen molar-refractivity contribution in [2.24, 2.45) is 7.05 Å². The third-order valence-corrected chi connectivity index (χ3v) is 3.49. The lowest BCUT2D eigenvalue weighted by Gasteiger charge is -2.19. The van der Waals surface area contributed by atoms with Gasteiger partial charge in [0.15, 0.2) is 6.20 Å². The summed E-state index contributed by atoms with van der Waals surface area (Å²) >= 11 is 0. The van der Waals surface area contributed by atoms with E-state index in [1.807, 2.05) is 30.8 Å². The molecule has 1 aromatic heterocycles. The molecule has 0 atom stereocenters. The van der Waals surface area contributed by atoms with Crippen molar-refractivity contribution in [1.82, 2.24) is 0 Å². The van der Waals surface area contributed by atoms with Crippen molar-refractivity contribution >= 4 is 0 Å². The Hall–Kier alpha value is -1.70. The number of aryl methyl sites for hydroxylation is 2. The molecule has 1 nitrogen and oxygen atoms in total. The molecule has 19 heavy (non-hydrogen) atoms. The second-order valence-electron chi connectivity index (χ2n) is 6.12. The van der Waals surface area contributed by atoms with E-state index in [9.17, 15) is 4.39 Å². The molecule has 2 aromatic rings. The summed E-state index contributed by atoms with van der Waals surface area (Å²) in [6.07, 6.45) is 2.04. The maximum Gasteiger partial charge on any atom is 0.212 e. The second kappa shape index (κ2) is 4.76. The summed E-state index contributed by atoms with van der Waals surface area (Å²) in [4.78, 5) is 0. The molecule has 100 valence electrons. The normalized spacial score (nSPS) is 11.7. The van der Waals surface area contributed by atoms with Crippen molar-refractivity contribution < 1.29 is 8.96 Å².